The first kappa shape index (κ1) is 12.9. The molecule has 3 heteroatoms. The van der Waals surface area contributed by atoms with Crippen LogP contribution in [0.5, 0.6) is 0 Å². The van der Waals surface area contributed by atoms with Crippen LogP contribution >= 0.6 is 0 Å². The summed E-state index contributed by atoms with van der Waals surface area (Å²) in [5.74, 6) is 0. The lowest BCUT2D eigenvalue weighted by molar-refractivity contribution is 0.222. The summed E-state index contributed by atoms with van der Waals surface area (Å²) in [5, 5.41) is 3.39. The minimum atomic E-state index is 0.684. The van der Waals surface area contributed by atoms with E-state index in [1.807, 2.05) is 0 Å². The predicted molar refractivity (Wildman–Crippen MR) is 66.3 cm³/mol. The maximum atomic E-state index is 3.39. The first-order valence-electron chi connectivity index (χ1n) is 6.33. The first-order valence-corrected chi connectivity index (χ1v) is 6.33. The molecule has 0 aromatic heterocycles. The average Bonchev–Trinajstić information content (AvgIpc) is 2.25. The van der Waals surface area contributed by atoms with E-state index in [0.717, 1.165) is 0 Å². The van der Waals surface area contributed by atoms with E-state index in [-0.39, 0.29) is 0 Å². The Balaban J connectivity index is 1.96. The van der Waals surface area contributed by atoms with Gasteiger partial charge < -0.3 is 15.1 Å². The highest BCUT2D eigenvalue weighted by molar-refractivity contribution is 4.67. The number of rotatable bonds is 6. The van der Waals surface area contributed by atoms with Gasteiger partial charge in [0.1, 0.15) is 0 Å². The lowest BCUT2D eigenvalue weighted by Crippen LogP contribution is -2.43. The summed E-state index contributed by atoms with van der Waals surface area (Å²) in [6.45, 7) is 11.9. The van der Waals surface area contributed by atoms with Gasteiger partial charge in [0, 0.05) is 32.2 Å². The van der Waals surface area contributed by atoms with Crippen LogP contribution in [0, 0.1) is 0 Å². The van der Waals surface area contributed by atoms with Gasteiger partial charge >= 0.3 is 0 Å². The summed E-state index contributed by atoms with van der Waals surface area (Å²) < 4.78 is 0. The lowest BCUT2D eigenvalue weighted by atomic mass is 10.2. The van der Waals surface area contributed by atoms with Gasteiger partial charge in [0.25, 0.3) is 0 Å². The van der Waals surface area contributed by atoms with E-state index in [9.17, 15) is 0 Å². The molecule has 0 aliphatic carbocycles. The third kappa shape index (κ3) is 5.50. The van der Waals surface area contributed by atoms with Crippen molar-refractivity contribution in [2.75, 3.05) is 46.3 Å². The molecule has 90 valence electrons. The standard InChI is InChI=1S/C12H27N3/c1-12(2)14(3)8-4-5-9-15-10-6-13-7-11-15/h12-13H,4-11H2,1-3H3. The summed E-state index contributed by atoms with van der Waals surface area (Å²) in [7, 11) is 2.22. The summed E-state index contributed by atoms with van der Waals surface area (Å²) in [4.78, 5) is 5.00. The molecule has 0 radical (unpaired) electrons. The summed E-state index contributed by atoms with van der Waals surface area (Å²) >= 11 is 0. The fraction of sp³-hybridized carbons (Fsp3) is 1.00. The van der Waals surface area contributed by atoms with Gasteiger partial charge in [0.2, 0.25) is 0 Å². The summed E-state index contributed by atoms with van der Waals surface area (Å²) in [6, 6.07) is 0.684. The fourth-order valence-electron chi connectivity index (χ4n) is 1.89. The largest absolute Gasteiger partial charge is 0.314 e. The van der Waals surface area contributed by atoms with E-state index in [4.69, 9.17) is 0 Å². The maximum Gasteiger partial charge on any atom is 0.0107 e. The molecule has 0 saturated carbocycles. The molecule has 0 aromatic carbocycles. The third-order valence-corrected chi connectivity index (χ3v) is 3.33. The van der Waals surface area contributed by atoms with E-state index in [1.165, 1.54) is 52.1 Å². The fourth-order valence-corrected chi connectivity index (χ4v) is 1.89. The van der Waals surface area contributed by atoms with Gasteiger partial charge in [-0.1, -0.05) is 0 Å². The van der Waals surface area contributed by atoms with Crippen molar-refractivity contribution >= 4 is 0 Å². The molecule has 0 aromatic rings. The second-order valence-electron chi connectivity index (χ2n) is 4.87. The number of nitrogens with one attached hydrogen (secondary N) is 1. The van der Waals surface area contributed by atoms with Gasteiger partial charge in [-0.15, -0.1) is 0 Å². The summed E-state index contributed by atoms with van der Waals surface area (Å²) in [5.41, 5.74) is 0. The zero-order valence-electron chi connectivity index (χ0n) is 10.6. The van der Waals surface area contributed by atoms with Crippen molar-refractivity contribution in [1.82, 2.24) is 15.1 Å². The highest BCUT2D eigenvalue weighted by Gasteiger charge is 2.08. The van der Waals surface area contributed by atoms with Crippen LogP contribution < -0.4 is 5.32 Å². The molecule has 0 atom stereocenters. The molecule has 0 bridgehead atoms. The van der Waals surface area contributed by atoms with E-state index in [2.05, 4.69) is 36.0 Å². The van der Waals surface area contributed by atoms with Crippen molar-refractivity contribution in [3.63, 3.8) is 0 Å². The smallest absolute Gasteiger partial charge is 0.0107 e. The van der Waals surface area contributed by atoms with Crippen molar-refractivity contribution < 1.29 is 0 Å². The molecule has 1 fully saturated rings. The molecule has 1 heterocycles. The van der Waals surface area contributed by atoms with Crippen molar-refractivity contribution in [3.8, 4) is 0 Å². The van der Waals surface area contributed by atoms with Gasteiger partial charge in [0.15, 0.2) is 0 Å². The SMILES string of the molecule is CC(C)N(C)CCCCN1CCNCC1. The first-order chi connectivity index (χ1) is 7.20. The second kappa shape index (κ2) is 7.20. The van der Waals surface area contributed by atoms with Crippen LogP contribution in [0.2, 0.25) is 0 Å². The van der Waals surface area contributed by atoms with Crippen LogP contribution in [0.15, 0.2) is 0 Å². The Labute approximate surface area is 94.8 Å². The second-order valence-corrected chi connectivity index (χ2v) is 4.87. The van der Waals surface area contributed by atoms with E-state index >= 15 is 0 Å². The number of unbranched alkanes of at least 4 members (excludes halogenated alkanes) is 1. The minimum absolute atomic E-state index is 0.684. The van der Waals surface area contributed by atoms with Crippen LogP contribution in [0.4, 0.5) is 0 Å². The van der Waals surface area contributed by atoms with Crippen LogP contribution in [-0.4, -0.2) is 62.2 Å². The molecule has 15 heavy (non-hydrogen) atoms. The van der Waals surface area contributed by atoms with Crippen LogP contribution in [0.25, 0.3) is 0 Å². The predicted octanol–water partition coefficient (Wildman–Crippen LogP) is 1.01. The van der Waals surface area contributed by atoms with Gasteiger partial charge in [-0.3, -0.25) is 0 Å². The Morgan fingerprint density at radius 3 is 2.47 bits per heavy atom. The highest BCUT2D eigenvalue weighted by atomic mass is 15.2. The zero-order chi connectivity index (χ0) is 11.1. The molecule has 0 amide bonds. The molecule has 0 unspecified atom stereocenters. The van der Waals surface area contributed by atoms with Crippen LogP contribution in [-0.2, 0) is 0 Å². The Hall–Kier alpha value is -0.120. The van der Waals surface area contributed by atoms with Crippen molar-refractivity contribution in [3.05, 3.63) is 0 Å². The molecule has 1 N–H and O–H groups in total. The molecule has 1 aliphatic rings. The zero-order valence-corrected chi connectivity index (χ0v) is 10.6. The quantitative estimate of drug-likeness (QED) is 0.664. The minimum Gasteiger partial charge on any atom is -0.314 e. The highest BCUT2D eigenvalue weighted by Crippen LogP contribution is 2.00. The number of nitrogens with zero attached hydrogens (tertiary/aromatic N) is 2. The Morgan fingerprint density at radius 2 is 1.87 bits per heavy atom. The van der Waals surface area contributed by atoms with Crippen LogP contribution in [0.1, 0.15) is 26.7 Å². The van der Waals surface area contributed by atoms with Gasteiger partial charge in [-0.2, -0.15) is 0 Å². The summed E-state index contributed by atoms with van der Waals surface area (Å²) in [6.07, 6.45) is 2.68. The topological polar surface area (TPSA) is 18.5 Å². The average molecular weight is 213 g/mol. The van der Waals surface area contributed by atoms with Crippen LogP contribution in [0.3, 0.4) is 0 Å². The van der Waals surface area contributed by atoms with E-state index < -0.39 is 0 Å². The maximum absolute atomic E-state index is 3.39. The molecule has 1 rings (SSSR count). The lowest BCUT2D eigenvalue weighted by Gasteiger charge is -2.27. The molecule has 1 saturated heterocycles. The molecular weight excluding hydrogens is 186 g/mol. The van der Waals surface area contributed by atoms with Crippen molar-refractivity contribution in [2.45, 2.75) is 32.7 Å². The normalized spacial score (nSPS) is 19.0. The van der Waals surface area contributed by atoms with Crippen molar-refractivity contribution in [2.24, 2.45) is 0 Å². The third-order valence-electron chi connectivity index (χ3n) is 3.33. The molecule has 3 nitrogen and oxygen atoms in total. The van der Waals surface area contributed by atoms with Gasteiger partial charge in [0.05, 0.1) is 0 Å². The van der Waals surface area contributed by atoms with Crippen molar-refractivity contribution in [1.29, 1.82) is 0 Å². The van der Waals surface area contributed by atoms with Gasteiger partial charge in [-0.25, -0.2) is 0 Å². The number of hydrogen-bond acceptors (Lipinski definition) is 3. The van der Waals surface area contributed by atoms with Gasteiger partial charge in [-0.05, 0) is 46.8 Å². The molecule has 1 aliphatic heterocycles. The Kier molecular flexibility index (Phi) is 6.22. The number of hydrogen-bond donors (Lipinski definition) is 1. The Bertz CT molecular complexity index is 153. The monoisotopic (exact) mass is 213 g/mol. The molecular formula is C12H27N3. The van der Waals surface area contributed by atoms with E-state index in [1.54, 1.807) is 0 Å². The van der Waals surface area contributed by atoms with E-state index in [0.29, 0.717) is 6.04 Å². The molecule has 0 spiro atoms. The Morgan fingerprint density at radius 1 is 1.20 bits per heavy atom. The number of piperazine rings is 1.